The summed E-state index contributed by atoms with van der Waals surface area (Å²) in [6.45, 7) is 11.7. The molecule has 5 rings (SSSR count). The first-order chi connectivity index (χ1) is 18.4. The van der Waals surface area contributed by atoms with Gasteiger partial charge < -0.3 is 9.13 Å². The second-order valence-electron chi connectivity index (χ2n) is 10.9. The second-order valence-corrected chi connectivity index (χ2v) is 19.6. The monoisotopic (exact) mass is 570 g/mol. The molecule has 0 spiro atoms. The molecule has 0 aliphatic rings. The van der Waals surface area contributed by atoms with Crippen molar-refractivity contribution >= 4 is 49.0 Å². The summed E-state index contributed by atoms with van der Waals surface area (Å²) in [7, 11) is -4.84. The molecule has 7 heteroatoms. The van der Waals surface area contributed by atoms with Crippen LogP contribution in [-0.4, -0.2) is 50.0 Å². The lowest BCUT2D eigenvalue weighted by Gasteiger charge is -2.13. The van der Waals surface area contributed by atoms with Crippen LogP contribution in [0.15, 0.2) is 91.0 Å². The summed E-state index contributed by atoms with van der Waals surface area (Å²) in [5.74, 6) is 0.633. The van der Waals surface area contributed by atoms with Crippen LogP contribution in [0.25, 0.3) is 44.7 Å². The first-order valence-corrected chi connectivity index (χ1v) is 20.3. The van der Waals surface area contributed by atoms with Gasteiger partial charge in [-0.15, -0.1) is 0 Å². The highest BCUT2D eigenvalue weighted by Crippen LogP contribution is 2.37. The van der Waals surface area contributed by atoms with Crippen molar-refractivity contribution in [2.45, 2.75) is 0 Å². The fourth-order valence-electron chi connectivity index (χ4n) is 4.56. The first kappa shape index (κ1) is 27.7. The van der Waals surface area contributed by atoms with E-state index in [1.54, 1.807) is 26.7 Å². The molecule has 0 amide bonds. The molecule has 0 atom stereocenters. The third kappa shape index (κ3) is 6.00. The molecule has 0 saturated carbocycles. The van der Waals surface area contributed by atoms with Crippen LogP contribution in [-0.2, 0) is 9.13 Å². The Bertz CT molecular complexity index is 1740. The Hall–Kier alpha value is -2.89. The zero-order chi connectivity index (χ0) is 27.9. The Balaban J connectivity index is 1.67. The average Bonchev–Trinajstić information content (AvgIpc) is 2.91. The maximum absolute atomic E-state index is 12.6. The third-order valence-electron chi connectivity index (χ3n) is 6.92. The summed E-state index contributed by atoms with van der Waals surface area (Å²) in [4.78, 5) is 10.0. The smallest absolute Gasteiger partial charge is 0.160 e. The molecular weight excluding hydrogens is 537 g/mol. The SMILES string of the molecule is CP(C)c1ccc(-c2nc(-c3ccc(P(C)(C)=O)cc3)nc3cc(-c4ccc(P(C)(C)=O)cc4)ccc23)cc1. The van der Waals surface area contributed by atoms with E-state index >= 15 is 0 Å². The summed E-state index contributed by atoms with van der Waals surface area (Å²) in [5.41, 5.74) is 5.76. The number of rotatable bonds is 6. The van der Waals surface area contributed by atoms with Crippen molar-refractivity contribution in [3.8, 4) is 33.8 Å². The maximum Gasteiger partial charge on any atom is 0.160 e. The summed E-state index contributed by atoms with van der Waals surface area (Å²) in [5, 5.41) is 4.04. The Kier molecular flexibility index (Phi) is 7.51. The maximum atomic E-state index is 12.6. The third-order valence-corrected chi connectivity index (χ3v) is 11.3. The molecule has 198 valence electrons. The number of hydrogen-bond donors (Lipinski definition) is 0. The van der Waals surface area contributed by atoms with Crippen LogP contribution in [0.5, 0.6) is 0 Å². The van der Waals surface area contributed by atoms with Gasteiger partial charge in [0.05, 0.1) is 11.2 Å². The highest BCUT2D eigenvalue weighted by Gasteiger charge is 2.16. The van der Waals surface area contributed by atoms with Crippen molar-refractivity contribution in [3.63, 3.8) is 0 Å². The van der Waals surface area contributed by atoms with Crippen LogP contribution >= 0.6 is 22.2 Å². The van der Waals surface area contributed by atoms with Gasteiger partial charge in [-0.05, 0) is 68.6 Å². The molecule has 0 unspecified atom stereocenters. The van der Waals surface area contributed by atoms with Gasteiger partial charge in [-0.25, -0.2) is 9.97 Å². The molecule has 0 radical (unpaired) electrons. The molecule has 1 aromatic heterocycles. The predicted molar refractivity (Wildman–Crippen MR) is 172 cm³/mol. The van der Waals surface area contributed by atoms with Gasteiger partial charge in [-0.1, -0.05) is 86.8 Å². The van der Waals surface area contributed by atoms with E-state index in [0.717, 1.165) is 49.5 Å². The molecular formula is C32H33N2O2P3. The minimum atomic E-state index is -2.35. The summed E-state index contributed by atoms with van der Waals surface area (Å²) in [6, 6.07) is 30.7. The summed E-state index contributed by atoms with van der Waals surface area (Å²) in [6.07, 6.45) is 0. The van der Waals surface area contributed by atoms with Crippen molar-refractivity contribution in [1.82, 2.24) is 9.97 Å². The Morgan fingerprint density at radius 3 is 1.56 bits per heavy atom. The van der Waals surface area contributed by atoms with Gasteiger partial charge in [0, 0.05) is 27.1 Å². The predicted octanol–water partition coefficient (Wildman–Crippen LogP) is 7.49. The standard InChI is InChI=1S/C32H33N2O2P3/c1-37(2)26-14-7-23(8-15-26)31-29-20-13-25(22-9-16-27(17-10-22)38(3,4)35)21-30(29)33-32(34-31)24-11-18-28(19-12-24)39(5,6)36/h7-21H,1-6H3. The van der Waals surface area contributed by atoms with E-state index in [9.17, 15) is 9.13 Å². The zero-order valence-corrected chi connectivity index (χ0v) is 25.9. The lowest BCUT2D eigenvalue weighted by molar-refractivity contribution is 0.587. The Morgan fingerprint density at radius 2 is 1.05 bits per heavy atom. The molecule has 0 aliphatic carbocycles. The summed E-state index contributed by atoms with van der Waals surface area (Å²) < 4.78 is 25.0. The van der Waals surface area contributed by atoms with Crippen LogP contribution in [0.3, 0.4) is 0 Å². The fourth-order valence-corrected chi connectivity index (χ4v) is 7.04. The van der Waals surface area contributed by atoms with E-state index in [1.807, 2.05) is 48.5 Å². The highest BCUT2D eigenvalue weighted by atomic mass is 31.2. The van der Waals surface area contributed by atoms with Crippen LogP contribution in [0.1, 0.15) is 0 Å². The second kappa shape index (κ2) is 10.6. The van der Waals surface area contributed by atoms with Gasteiger partial charge in [0.1, 0.15) is 14.3 Å². The van der Waals surface area contributed by atoms with Crippen molar-refractivity contribution in [1.29, 1.82) is 0 Å². The van der Waals surface area contributed by atoms with E-state index in [4.69, 9.17) is 9.97 Å². The minimum Gasteiger partial charge on any atom is -0.319 e. The van der Waals surface area contributed by atoms with E-state index in [0.29, 0.717) is 5.82 Å². The molecule has 0 saturated heterocycles. The van der Waals surface area contributed by atoms with Gasteiger partial charge in [0.15, 0.2) is 5.82 Å². The summed E-state index contributed by atoms with van der Waals surface area (Å²) >= 11 is 0. The molecule has 4 aromatic carbocycles. The number of aromatic nitrogens is 2. The van der Waals surface area contributed by atoms with E-state index in [2.05, 4.69) is 55.8 Å². The quantitative estimate of drug-likeness (QED) is 0.199. The van der Waals surface area contributed by atoms with Crippen molar-refractivity contribution in [2.75, 3.05) is 40.0 Å². The van der Waals surface area contributed by atoms with Crippen LogP contribution < -0.4 is 15.9 Å². The minimum absolute atomic E-state index is 0.180. The molecule has 5 aromatic rings. The fraction of sp³-hybridized carbons (Fsp3) is 0.188. The molecule has 0 N–H and O–H groups in total. The topological polar surface area (TPSA) is 59.9 Å². The zero-order valence-electron chi connectivity index (χ0n) is 23.2. The Morgan fingerprint density at radius 1 is 0.564 bits per heavy atom. The normalized spacial score (nSPS) is 12.3. The van der Waals surface area contributed by atoms with Gasteiger partial charge in [0.25, 0.3) is 0 Å². The molecule has 1 heterocycles. The molecule has 4 nitrogen and oxygen atoms in total. The van der Waals surface area contributed by atoms with Crippen molar-refractivity contribution < 1.29 is 9.13 Å². The van der Waals surface area contributed by atoms with Crippen molar-refractivity contribution in [2.24, 2.45) is 0 Å². The van der Waals surface area contributed by atoms with Gasteiger partial charge in [-0.3, -0.25) is 0 Å². The number of hydrogen-bond acceptors (Lipinski definition) is 4. The highest BCUT2D eigenvalue weighted by molar-refractivity contribution is 7.70. The van der Waals surface area contributed by atoms with E-state index < -0.39 is 14.3 Å². The van der Waals surface area contributed by atoms with Crippen molar-refractivity contribution in [3.05, 3.63) is 91.0 Å². The van der Waals surface area contributed by atoms with E-state index in [-0.39, 0.29) is 7.92 Å². The number of fused-ring (bicyclic) bond motifs is 1. The van der Waals surface area contributed by atoms with E-state index in [1.165, 1.54) is 5.30 Å². The van der Waals surface area contributed by atoms with Crippen LogP contribution in [0, 0.1) is 0 Å². The lowest BCUT2D eigenvalue weighted by atomic mass is 10.0. The first-order valence-electron chi connectivity index (χ1n) is 12.8. The van der Waals surface area contributed by atoms with Crippen LogP contribution in [0.4, 0.5) is 0 Å². The molecule has 0 aliphatic heterocycles. The van der Waals surface area contributed by atoms with Gasteiger partial charge in [0.2, 0.25) is 0 Å². The molecule has 39 heavy (non-hydrogen) atoms. The molecule has 0 fully saturated rings. The number of benzene rings is 4. The average molecular weight is 571 g/mol. The largest absolute Gasteiger partial charge is 0.319 e. The lowest BCUT2D eigenvalue weighted by Crippen LogP contribution is -2.03. The van der Waals surface area contributed by atoms with Gasteiger partial charge >= 0.3 is 0 Å². The van der Waals surface area contributed by atoms with Gasteiger partial charge in [-0.2, -0.15) is 0 Å². The van der Waals surface area contributed by atoms with Crippen LogP contribution in [0.2, 0.25) is 0 Å². The number of nitrogens with zero attached hydrogens (tertiary/aromatic N) is 2. The molecule has 0 bridgehead atoms. The Labute approximate surface area is 232 Å².